The van der Waals surface area contributed by atoms with Crippen molar-refractivity contribution in [3.63, 3.8) is 0 Å². The maximum Gasteiger partial charge on any atom is 0.223 e. The van der Waals surface area contributed by atoms with Crippen LogP contribution in [-0.2, 0) is 11.2 Å². The summed E-state index contributed by atoms with van der Waals surface area (Å²) in [4.78, 5) is 12.3. The molecule has 0 heterocycles. The number of carbonyl (C=O) groups is 1. The van der Waals surface area contributed by atoms with Gasteiger partial charge in [0.25, 0.3) is 0 Å². The van der Waals surface area contributed by atoms with Crippen molar-refractivity contribution in [2.75, 3.05) is 0 Å². The molecule has 2 aromatic rings. The van der Waals surface area contributed by atoms with Crippen molar-refractivity contribution in [1.29, 1.82) is 0 Å². The van der Waals surface area contributed by atoms with Crippen molar-refractivity contribution in [3.8, 4) is 0 Å². The third kappa shape index (κ3) is 5.53. The van der Waals surface area contributed by atoms with Crippen LogP contribution in [0.25, 0.3) is 0 Å². The van der Waals surface area contributed by atoms with Crippen LogP contribution in [0, 0.1) is 5.92 Å². The van der Waals surface area contributed by atoms with Gasteiger partial charge in [-0.3, -0.25) is 4.79 Å². The zero-order valence-corrected chi connectivity index (χ0v) is 13.8. The third-order valence-electron chi connectivity index (χ3n) is 3.98. The lowest BCUT2D eigenvalue weighted by Crippen LogP contribution is -2.37. The molecule has 0 aliphatic rings. The van der Waals surface area contributed by atoms with E-state index in [-0.39, 0.29) is 17.9 Å². The lowest BCUT2D eigenvalue weighted by atomic mass is 9.99. The quantitative estimate of drug-likeness (QED) is 0.822. The number of benzene rings is 2. The summed E-state index contributed by atoms with van der Waals surface area (Å²) >= 11 is 0. The Morgan fingerprint density at radius 1 is 1.00 bits per heavy atom. The molecule has 0 saturated heterocycles. The first-order valence-electron chi connectivity index (χ1n) is 8.13. The molecule has 23 heavy (non-hydrogen) atoms. The zero-order chi connectivity index (χ0) is 16.7. The number of aliphatic hydroxyl groups is 1. The summed E-state index contributed by atoms with van der Waals surface area (Å²) in [5.74, 6) is -0.0599. The first-order chi connectivity index (χ1) is 11.1. The lowest BCUT2D eigenvalue weighted by molar-refractivity contribution is -0.125. The van der Waals surface area contributed by atoms with Crippen molar-refractivity contribution in [2.24, 2.45) is 5.92 Å². The van der Waals surface area contributed by atoms with Gasteiger partial charge in [0.15, 0.2) is 0 Å². The second-order valence-electron chi connectivity index (χ2n) is 6.16. The molecule has 3 nitrogen and oxygen atoms in total. The maximum atomic E-state index is 12.3. The summed E-state index contributed by atoms with van der Waals surface area (Å²) < 4.78 is 0. The minimum Gasteiger partial charge on any atom is -0.388 e. The monoisotopic (exact) mass is 311 g/mol. The summed E-state index contributed by atoms with van der Waals surface area (Å²) in [5, 5.41) is 13.2. The number of nitrogens with one attached hydrogen (secondary N) is 1. The van der Waals surface area contributed by atoms with E-state index in [1.54, 1.807) is 0 Å². The van der Waals surface area contributed by atoms with Gasteiger partial charge in [-0.25, -0.2) is 0 Å². The first kappa shape index (κ1) is 17.2. The van der Waals surface area contributed by atoms with Crippen LogP contribution in [0.2, 0.25) is 0 Å². The van der Waals surface area contributed by atoms with E-state index in [4.69, 9.17) is 0 Å². The minimum absolute atomic E-state index is 0.0293. The molecular weight excluding hydrogens is 286 g/mol. The van der Waals surface area contributed by atoms with Gasteiger partial charge in [0.2, 0.25) is 5.91 Å². The Morgan fingerprint density at radius 2 is 1.57 bits per heavy atom. The molecule has 0 aromatic heterocycles. The van der Waals surface area contributed by atoms with Crippen LogP contribution in [0.3, 0.4) is 0 Å². The average molecular weight is 311 g/mol. The number of hydrogen-bond donors (Lipinski definition) is 2. The van der Waals surface area contributed by atoms with Crippen LogP contribution in [-0.4, -0.2) is 17.1 Å². The zero-order valence-electron chi connectivity index (χ0n) is 13.8. The Balaban J connectivity index is 1.82. The van der Waals surface area contributed by atoms with E-state index in [9.17, 15) is 9.90 Å². The molecule has 0 aliphatic carbocycles. The molecular formula is C20H25NO2. The van der Waals surface area contributed by atoms with Crippen molar-refractivity contribution in [2.45, 2.75) is 38.8 Å². The van der Waals surface area contributed by atoms with Crippen LogP contribution in [0.15, 0.2) is 60.7 Å². The summed E-state index contributed by atoms with van der Waals surface area (Å²) in [6.07, 6.45) is 0.671. The highest BCUT2D eigenvalue weighted by molar-refractivity contribution is 5.78. The highest BCUT2D eigenvalue weighted by Gasteiger charge is 2.18. The summed E-state index contributed by atoms with van der Waals surface area (Å²) in [6, 6.07) is 19.5. The molecule has 0 bridgehead atoms. The second-order valence-corrected chi connectivity index (χ2v) is 6.16. The fraction of sp³-hybridized carbons (Fsp3) is 0.350. The molecule has 3 heteroatoms. The van der Waals surface area contributed by atoms with Gasteiger partial charge in [0, 0.05) is 12.0 Å². The van der Waals surface area contributed by atoms with E-state index in [2.05, 4.69) is 5.32 Å². The van der Waals surface area contributed by atoms with Gasteiger partial charge in [-0.2, -0.15) is 0 Å². The van der Waals surface area contributed by atoms with Crippen LogP contribution in [0.4, 0.5) is 0 Å². The lowest BCUT2D eigenvalue weighted by Gasteiger charge is -2.20. The fourth-order valence-electron chi connectivity index (χ4n) is 2.65. The van der Waals surface area contributed by atoms with E-state index in [1.807, 2.05) is 74.5 Å². The third-order valence-corrected chi connectivity index (χ3v) is 3.98. The number of amides is 1. The molecule has 0 spiro atoms. The van der Waals surface area contributed by atoms with Crippen molar-refractivity contribution in [1.82, 2.24) is 5.32 Å². The predicted molar refractivity (Wildman–Crippen MR) is 92.9 cm³/mol. The first-order valence-corrected chi connectivity index (χ1v) is 8.13. The maximum absolute atomic E-state index is 12.3. The van der Waals surface area contributed by atoms with E-state index in [0.29, 0.717) is 6.42 Å². The molecule has 0 radical (unpaired) electrons. The number of rotatable bonds is 7. The topological polar surface area (TPSA) is 49.3 Å². The van der Waals surface area contributed by atoms with Gasteiger partial charge in [-0.05, 0) is 30.9 Å². The molecule has 0 saturated carbocycles. The normalized spacial score (nSPS) is 14.7. The van der Waals surface area contributed by atoms with Gasteiger partial charge >= 0.3 is 0 Å². The molecule has 122 valence electrons. The summed E-state index contributed by atoms with van der Waals surface area (Å²) in [5.41, 5.74) is 2.04. The van der Waals surface area contributed by atoms with E-state index < -0.39 is 6.10 Å². The number of aliphatic hydroxyl groups excluding tert-OH is 1. The standard InChI is InChI=1S/C20H25NO2/c1-15(13-17-9-5-3-6-10-17)20(23)21-16(2)14-19(22)18-11-7-4-8-12-18/h3-12,15-16,19,22H,13-14H2,1-2H3,(H,21,23). The predicted octanol–water partition coefficient (Wildman–Crippen LogP) is 3.49. The second kappa shape index (κ2) is 8.49. The van der Waals surface area contributed by atoms with Crippen molar-refractivity contribution in [3.05, 3.63) is 71.8 Å². The van der Waals surface area contributed by atoms with Gasteiger partial charge < -0.3 is 10.4 Å². The Labute approximate surface area is 138 Å². The van der Waals surface area contributed by atoms with Crippen molar-refractivity contribution >= 4 is 5.91 Å². The Hall–Kier alpha value is -2.13. The van der Waals surface area contributed by atoms with Crippen LogP contribution < -0.4 is 5.32 Å². The Kier molecular flexibility index (Phi) is 6.36. The van der Waals surface area contributed by atoms with Crippen LogP contribution in [0.1, 0.15) is 37.5 Å². The number of hydrogen-bond acceptors (Lipinski definition) is 2. The van der Waals surface area contributed by atoms with E-state index >= 15 is 0 Å². The molecule has 2 aromatic carbocycles. The summed E-state index contributed by atoms with van der Waals surface area (Å²) in [7, 11) is 0. The molecule has 2 rings (SSSR count). The largest absolute Gasteiger partial charge is 0.388 e. The molecule has 1 amide bonds. The van der Waals surface area contributed by atoms with Gasteiger partial charge in [0.05, 0.1) is 6.10 Å². The molecule has 3 unspecified atom stereocenters. The average Bonchev–Trinajstić information content (AvgIpc) is 2.56. The molecule has 3 atom stereocenters. The molecule has 0 fully saturated rings. The van der Waals surface area contributed by atoms with E-state index in [0.717, 1.165) is 17.5 Å². The molecule has 0 aliphatic heterocycles. The van der Waals surface area contributed by atoms with Crippen LogP contribution in [0.5, 0.6) is 0 Å². The Bertz CT molecular complexity index is 598. The summed E-state index contributed by atoms with van der Waals surface area (Å²) in [6.45, 7) is 3.86. The molecule has 2 N–H and O–H groups in total. The number of carbonyl (C=O) groups excluding carboxylic acids is 1. The van der Waals surface area contributed by atoms with Gasteiger partial charge in [0.1, 0.15) is 0 Å². The smallest absolute Gasteiger partial charge is 0.223 e. The van der Waals surface area contributed by atoms with Gasteiger partial charge in [-0.15, -0.1) is 0 Å². The Morgan fingerprint density at radius 3 is 2.17 bits per heavy atom. The van der Waals surface area contributed by atoms with E-state index in [1.165, 1.54) is 0 Å². The SMILES string of the molecule is CC(CC(O)c1ccccc1)NC(=O)C(C)Cc1ccccc1. The fourth-order valence-corrected chi connectivity index (χ4v) is 2.65. The highest BCUT2D eigenvalue weighted by atomic mass is 16.3. The van der Waals surface area contributed by atoms with Crippen LogP contribution >= 0.6 is 0 Å². The van der Waals surface area contributed by atoms with Gasteiger partial charge in [-0.1, -0.05) is 67.6 Å². The highest BCUT2D eigenvalue weighted by Crippen LogP contribution is 2.18. The van der Waals surface area contributed by atoms with Crippen molar-refractivity contribution < 1.29 is 9.90 Å². The minimum atomic E-state index is -0.559.